The van der Waals surface area contributed by atoms with Gasteiger partial charge in [0.25, 0.3) is 23.6 Å². The third-order valence-electron chi connectivity index (χ3n) is 16.7. The molecule has 0 spiro atoms. The summed E-state index contributed by atoms with van der Waals surface area (Å²) >= 11 is 25.1. The van der Waals surface area contributed by atoms with Crippen molar-refractivity contribution in [1.29, 1.82) is 0 Å². The maximum atomic E-state index is 12.7. The fourth-order valence-electron chi connectivity index (χ4n) is 11.2. The van der Waals surface area contributed by atoms with Gasteiger partial charge in [0.2, 0.25) is 10.0 Å². The van der Waals surface area contributed by atoms with Gasteiger partial charge in [0, 0.05) is 105 Å². The SMILES string of the molecule is CS(=O)(=O)Nc1ccc(C(=O)Nc2ccc(Cl)c(-c3ccccn3)c2)cn1.Cc1cc(C)n(Cc2ccc(C(=O)Nc3ccc(Cl)c(-c4ccccn4)c3)cc2)n1.O=C(Nc1ccc(Cl)c(-c2ccccn2)c1)c1ccc(Cn2ccnn2)cc1.O=C(Nc1ccc(Cl)c(-c2ccccn2)c1)c1ccc(Cn2cncn2)cc1. The van der Waals surface area contributed by atoms with Crippen molar-refractivity contribution < 1.29 is 27.6 Å². The third kappa shape index (κ3) is 22.6. The summed E-state index contributed by atoms with van der Waals surface area (Å²) in [6.45, 7) is 5.89. The quantitative estimate of drug-likeness (QED) is 0.0473. The number of aryl methyl sites for hydroxylation is 2. The number of nitrogens with zero attached hydrogens (tertiary/aromatic N) is 13. The zero-order valence-corrected chi connectivity index (χ0v) is 64.4. The molecule has 564 valence electrons. The third-order valence-corrected chi connectivity index (χ3v) is 18.6. The summed E-state index contributed by atoms with van der Waals surface area (Å²) in [6.07, 6.45) is 15.7. The van der Waals surface area contributed by atoms with Gasteiger partial charge in [0.15, 0.2) is 0 Å². The van der Waals surface area contributed by atoms with Gasteiger partial charge in [-0.2, -0.15) is 10.2 Å². The Hall–Kier alpha value is -13.4. The lowest BCUT2D eigenvalue weighted by molar-refractivity contribution is 0.101. The van der Waals surface area contributed by atoms with Crippen LogP contribution in [0.4, 0.5) is 28.6 Å². The van der Waals surface area contributed by atoms with Gasteiger partial charge in [-0.1, -0.05) is 112 Å². The Morgan fingerprint density at radius 3 is 1.09 bits per heavy atom. The second-order valence-electron chi connectivity index (χ2n) is 25.1. The first-order valence-electron chi connectivity index (χ1n) is 34.7. The second-order valence-corrected chi connectivity index (χ2v) is 28.5. The van der Waals surface area contributed by atoms with E-state index in [1.165, 1.54) is 24.7 Å². The van der Waals surface area contributed by atoms with Crippen LogP contribution in [-0.4, -0.2) is 103 Å². The van der Waals surface area contributed by atoms with Gasteiger partial charge in [0.05, 0.1) is 86.2 Å². The molecular formula is C84H68Cl4N18O6S. The van der Waals surface area contributed by atoms with Gasteiger partial charge in [-0.25, -0.2) is 27.7 Å². The molecule has 0 unspecified atom stereocenters. The van der Waals surface area contributed by atoms with Crippen LogP contribution >= 0.6 is 46.4 Å². The molecule has 0 bridgehead atoms. The average Bonchev–Trinajstić information content (AvgIpc) is 1.06. The van der Waals surface area contributed by atoms with Crippen molar-refractivity contribution in [3.05, 3.63) is 363 Å². The molecule has 8 heterocycles. The van der Waals surface area contributed by atoms with E-state index in [4.69, 9.17) is 46.4 Å². The number of pyridine rings is 5. The molecule has 29 heteroatoms. The normalized spacial score (nSPS) is 10.8. The molecular weight excluding hydrogens is 1530 g/mol. The van der Waals surface area contributed by atoms with Crippen LogP contribution in [0.15, 0.2) is 293 Å². The summed E-state index contributed by atoms with van der Waals surface area (Å²) in [6, 6.07) is 70.7. The Balaban J connectivity index is 0.000000140. The number of hydrogen-bond donors (Lipinski definition) is 5. The number of nitrogens with one attached hydrogen (secondary N) is 5. The first-order valence-corrected chi connectivity index (χ1v) is 38.1. The minimum Gasteiger partial charge on any atom is -0.322 e. The van der Waals surface area contributed by atoms with Crippen molar-refractivity contribution in [3.63, 3.8) is 0 Å². The standard InChI is InChI=1S/C24H21ClN4O.2C21H16ClN5O.C18H15ClN4O3S/c1-16-13-17(2)29(28-16)15-18-6-8-19(9-7-18)24(30)27-20-10-11-22(25)21(14-20)23-5-3-4-12-26-23;22-19-9-8-17(11-18(19)20-3-1-2-10-24-20)26-21(28)16-6-4-15(5-7-16)12-27-14-23-13-25-27;22-19-9-8-17(13-18(19)20-3-1-2-10-23-20)25-21(28)16-6-4-15(5-7-16)14-27-12-11-24-26-27;1-27(25,26)23-17-8-5-12(11-21-17)18(24)22-13-6-7-15(19)14(10-13)16-4-2-3-9-20-16/h3-14H,15H2,1-2H3,(H,27,30);1-11,13-14H,12H2,(H,26,28);1-13H,14H2,(H,25,28);2-11H,1H3,(H,21,23)(H,22,24). The van der Waals surface area contributed by atoms with E-state index in [2.05, 4.69) is 76.4 Å². The second kappa shape index (κ2) is 37.8. The molecule has 0 saturated carbocycles. The highest BCUT2D eigenvalue weighted by Gasteiger charge is 2.17. The number of amides is 4. The molecule has 8 aromatic heterocycles. The molecule has 0 fully saturated rings. The predicted molar refractivity (Wildman–Crippen MR) is 442 cm³/mol. The molecule has 0 aliphatic rings. The Labute approximate surface area is 670 Å². The molecule has 0 aliphatic carbocycles. The van der Waals surface area contributed by atoms with E-state index in [9.17, 15) is 27.6 Å². The minimum absolute atomic E-state index is 0.137. The number of rotatable bonds is 20. The lowest BCUT2D eigenvalue weighted by atomic mass is 10.1. The summed E-state index contributed by atoms with van der Waals surface area (Å²) in [5, 5.41) is 30.0. The number of carbonyl (C=O) groups is 4. The molecule has 0 atom stereocenters. The smallest absolute Gasteiger partial charge is 0.257 e. The molecule has 15 aromatic rings. The number of aromatic nitrogens is 13. The molecule has 0 saturated heterocycles. The lowest BCUT2D eigenvalue weighted by Gasteiger charge is -2.10. The van der Waals surface area contributed by atoms with Crippen LogP contribution in [-0.2, 0) is 29.7 Å². The fourth-order valence-corrected chi connectivity index (χ4v) is 12.5. The molecule has 4 amide bonds. The van der Waals surface area contributed by atoms with Crippen LogP contribution in [0.1, 0.15) is 69.5 Å². The number of benzene rings is 7. The maximum Gasteiger partial charge on any atom is 0.257 e. The Kier molecular flexibility index (Phi) is 26.5. The summed E-state index contributed by atoms with van der Waals surface area (Å²) in [5.41, 5.74) is 15.7. The van der Waals surface area contributed by atoms with E-state index in [0.29, 0.717) is 90.4 Å². The van der Waals surface area contributed by atoms with Crippen molar-refractivity contribution >= 4 is 109 Å². The predicted octanol–water partition coefficient (Wildman–Crippen LogP) is 17.5. The zero-order valence-electron chi connectivity index (χ0n) is 60.5. The number of sulfonamides is 1. The summed E-state index contributed by atoms with van der Waals surface area (Å²) < 4.78 is 30.0. The van der Waals surface area contributed by atoms with Crippen LogP contribution in [0.2, 0.25) is 20.1 Å². The van der Waals surface area contributed by atoms with Gasteiger partial charge in [-0.05, 0) is 206 Å². The van der Waals surface area contributed by atoms with Crippen molar-refractivity contribution in [2.75, 3.05) is 32.2 Å². The molecule has 0 radical (unpaired) electrons. The van der Waals surface area contributed by atoms with E-state index in [1.54, 1.807) is 138 Å². The van der Waals surface area contributed by atoms with Crippen LogP contribution in [0.25, 0.3) is 45.0 Å². The van der Waals surface area contributed by atoms with E-state index in [1.807, 2.05) is 158 Å². The number of carbonyl (C=O) groups excluding carboxylic acids is 4. The fraction of sp³-hybridized carbons (Fsp3) is 0.0714. The first-order chi connectivity index (χ1) is 54.7. The van der Waals surface area contributed by atoms with Crippen molar-refractivity contribution in [2.45, 2.75) is 33.5 Å². The van der Waals surface area contributed by atoms with E-state index < -0.39 is 10.0 Å². The van der Waals surface area contributed by atoms with Crippen LogP contribution < -0.4 is 26.0 Å². The zero-order chi connectivity index (χ0) is 79.2. The Morgan fingerprint density at radius 2 is 0.779 bits per heavy atom. The largest absolute Gasteiger partial charge is 0.322 e. The molecule has 7 aromatic carbocycles. The van der Waals surface area contributed by atoms with Gasteiger partial charge in [-0.15, -0.1) is 5.10 Å². The van der Waals surface area contributed by atoms with Gasteiger partial charge < -0.3 is 21.3 Å². The Bertz CT molecular complexity index is 5690. The van der Waals surface area contributed by atoms with Crippen LogP contribution in [0.3, 0.4) is 0 Å². The maximum absolute atomic E-state index is 12.7. The lowest BCUT2D eigenvalue weighted by Crippen LogP contribution is -2.14. The molecule has 0 aliphatic heterocycles. The van der Waals surface area contributed by atoms with Gasteiger partial charge in [0.1, 0.15) is 18.5 Å². The Morgan fingerprint density at radius 1 is 0.407 bits per heavy atom. The number of halogens is 4. The van der Waals surface area contributed by atoms with Crippen molar-refractivity contribution in [1.82, 2.24) is 64.5 Å². The van der Waals surface area contributed by atoms with E-state index in [-0.39, 0.29) is 35.0 Å². The highest BCUT2D eigenvalue weighted by molar-refractivity contribution is 7.92. The minimum atomic E-state index is -3.43. The van der Waals surface area contributed by atoms with Crippen molar-refractivity contribution in [3.8, 4) is 45.0 Å². The summed E-state index contributed by atoms with van der Waals surface area (Å²) in [7, 11) is -3.43. The van der Waals surface area contributed by atoms with E-state index in [0.717, 1.165) is 68.1 Å². The number of hydrogen-bond acceptors (Lipinski definition) is 16. The number of anilines is 5. The van der Waals surface area contributed by atoms with Crippen LogP contribution in [0, 0.1) is 13.8 Å². The molecule has 113 heavy (non-hydrogen) atoms. The summed E-state index contributed by atoms with van der Waals surface area (Å²) in [4.78, 5) is 75.4. The van der Waals surface area contributed by atoms with Gasteiger partial charge in [-0.3, -0.25) is 48.5 Å². The monoisotopic (exact) mass is 1600 g/mol. The first kappa shape index (κ1) is 79.1. The highest BCUT2D eigenvalue weighted by Crippen LogP contribution is 2.34. The molecule has 5 N–H and O–H groups in total. The molecule has 15 rings (SSSR count). The van der Waals surface area contributed by atoms with Crippen molar-refractivity contribution in [2.24, 2.45) is 0 Å². The average molecular weight is 1600 g/mol. The highest BCUT2D eigenvalue weighted by atomic mass is 35.5. The topological polar surface area (TPSA) is 306 Å². The van der Waals surface area contributed by atoms with Crippen LogP contribution in [0.5, 0.6) is 0 Å². The van der Waals surface area contributed by atoms with Gasteiger partial charge >= 0.3 is 0 Å². The van der Waals surface area contributed by atoms with E-state index >= 15 is 0 Å². The molecule has 24 nitrogen and oxygen atoms in total. The summed E-state index contributed by atoms with van der Waals surface area (Å²) in [5.74, 6) is -0.814.